The summed E-state index contributed by atoms with van der Waals surface area (Å²) in [5, 5.41) is 17.9. The molecule has 25 heavy (non-hydrogen) atoms. The zero-order chi connectivity index (χ0) is 18.0. The number of halogens is 1. The number of amides is 1. The molecular formula is C17H16ClN5O2. The van der Waals surface area contributed by atoms with Crippen molar-refractivity contribution in [2.45, 2.75) is 20.8 Å². The summed E-state index contributed by atoms with van der Waals surface area (Å²) < 4.78 is 4.96. The van der Waals surface area contributed by atoms with Crippen molar-refractivity contribution < 1.29 is 9.32 Å². The zero-order valence-corrected chi connectivity index (χ0v) is 14.7. The van der Waals surface area contributed by atoms with Crippen molar-refractivity contribution in [2.75, 3.05) is 10.6 Å². The largest absolute Gasteiger partial charge is 0.360 e. The number of benzene rings is 1. The van der Waals surface area contributed by atoms with Gasteiger partial charge in [0.05, 0.1) is 10.7 Å². The Balaban J connectivity index is 1.73. The van der Waals surface area contributed by atoms with E-state index in [-0.39, 0.29) is 11.6 Å². The summed E-state index contributed by atoms with van der Waals surface area (Å²) in [6.07, 6.45) is 0. The highest BCUT2D eigenvalue weighted by atomic mass is 35.5. The Kier molecular flexibility index (Phi) is 4.67. The number of hydrogen-bond acceptors (Lipinski definition) is 6. The third-order valence-corrected chi connectivity index (χ3v) is 3.75. The Bertz CT molecular complexity index is 898. The third kappa shape index (κ3) is 3.95. The van der Waals surface area contributed by atoms with Crippen molar-refractivity contribution in [3.63, 3.8) is 0 Å². The van der Waals surface area contributed by atoms with E-state index in [2.05, 4.69) is 26.0 Å². The molecule has 3 rings (SSSR count). The van der Waals surface area contributed by atoms with Crippen molar-refractivity contribution >= 4 is 34.8 Å². The smallest absolute Gasteiger partial charge is 0.276 e. The lowest BCUT2D eigenvalue weighted by atomic mass is 10.1. The van der Waals surface area contributed by atoms with Gasteiger partial charge in [-0.15, -0.1) is 10.2 Å². The number of hydrogen-bond donors (Lipinski definition) is 2. The van der Waals surface area contributed by atoms with Gasteiger partial charge in [-0.05, 0) is 50.1 Å². The fraction of sp³-hybridized carbons (Fsp3) is 0.176. The highest BCUT2D eigenvalue weighted by molar-refractivity contribution is 6.34. The fourth-order valence-corrected chi connectivity index (χ4v) is 2.70. The van der Waals surface area contributed by atoms with Crippen molar-refractivity contribution in [3.05, 3.63) is 57.9 Å². The van der Waals surface area contributed by atoms with Crippen molar-refractivity contribution in [1.82, 2.24) is 15.4 Å². The maximum absolute atomic E-state index is 12.4. The average molecular weight is 358 g/mol. The van der Waals surface area contributed by atoms with Gasteiger partial charge in [-0.3, -0.25) is 4.79 Å². The van der Waals surface area contributed by atoms with E-state index in [0.29, 0.717) is 28.1 Å². The second-order valence-corrected chi connectivity index (χ2v) is 6.05. The van der Waals surface area contributed by atoms with Crippen LogP contribution in [0.3, 0.4) is 0 Å². The van der Waals surface area contributed by atoms with Crippen LogP contribution in [0.4, 0.5) is 17.3 Å². The van der Waals surface area contributed by atoms with Gasteiger partial charge < -0.3 is 15.2 Å². The predicted molar refractivity (Wildman–Crippen MR) is 95.4 cm³/mol. The predicted octanol–water partition coefficient (Wildman–Crippen LogP) is 4.04. The SMILES string of the molecule is Cc1cc(C)c(NC(=O)c2ccc(Nc3cc(C)on3)nn2)c(Cl)c1. The summed E-state index contributed by atoms with van der Waals surface area (Å²) >= 11 is 6.21. The van der Waals surface area contributed by atoms with E-state index in [1.165, 1.54) is 0 Å². The molecule has 0 spiro atoms. The maximum atomic E-state index is 12.4. The van der Waals surface area contributed by atoms with Gasteiger partial charge in [0.15, 0.2) is 17.3 Å². The molecule has 0 radical (unpaired) electrons. The zero-order valence-electron chi connectivity index (χ0n) is 13.9. The molecule has 0 bridgehead atoms. The second kappa shape index (κ2) is 6.90. The van der Waals surface area contributed by atoms with Gasteiger partial charge in [-0.25, -0.2) is 0 Å². The third-order valence-electron chi connectivity index (χ3n) is 3.45. The van der Waals surface area contributed by atoms with Gasteiger partial charge >= 0.3 is 0 Å². The number of carbonyl (C=O) groups excluding carboxylic acids is 1. The first-order valence-corrected chi connectivity index (χ1v) is 7.92. The van der Waals surface area contributed by atoms with Gasteiger partial charge in [0.2, 0.25) is 0 Å². The van der Waals surface area contributed by atoms with Gasteiger partial charge in [-0.2, -0.15) is 0 Å². The highest BCUT2D eigenvalue weighted by Crippen LogP contribution is 2.27. The topological polar surface area (TPSA) is 92.9 Å². The number of rotatable bonds is 4. The second-order valence-electron chi connectivity index (χ2n) is 5.64. The molecule has 8 heteroatoms. The van der Waals surface area contributed by atoms with Crippen LogP contribution >= 0.6 is 11.6 Å². The normalized spacial score (nSPS) is 10.6. The molecule has 2 heterocycles. The monoisotopic (exact) mass is 357 g/mol. The molecule has 0 fully saturated rings. The minimum Gasteiger partial charge on any atom is -0.360 e. The minimum absolute atomic E-state index is 0.179. The highest BCUT2D eigenvalue weighted by Gasteiger charge is 2.13. The van der Waals surface area contributed by atoms with Crippen LogP contribution in [0.2, 0.25) is 5.02 Å². The Morgan fingerprint density at radius 2 is 1.88 bits per heavy atom. The maximum Gasteiger partial charge on any atom is 0.276 e. The molecule has 1 amide bonds. The van der Waals surface area contributed by atoms with E-state index in [0.717, 1.165) is 11.1 Å². The molecule has 0 atom stereocenters. The van der Waals surface area contributed by atoms with Gasteiger partial charge in [0.25, 0.3) is 5.91 Å². The Morgan fingerprint density at radius 3 is 2.48 bits per heavy atom. The molecule has 128 valence electrons. The summed E-state index contributed by atoms with van der Waals surface area (Å²) in [5.74, 6) is 1.27. The lowest BCUT2D eigenvalue weighted by molar-refractivity contribution is 0.102. The van der Waals surface area contributed by atoms with Crippen LogP contribution in [0, 0.1) is 20.8 Å². The Morgan fingerprint density at radius 1 is 1.08 bits per heavy atom. The van der Waals surface area contributed by atoms with Crippen LogP contribution in [-0.4, -0.2) is 21.3 Å². The molecule has 0 aliphatic carbocycles. The van der Waals surface area contributed by atoms with E-state index in [1.807, 2.05) is 19.9 Å². The molecular weight excluding hydrogens is 342 g/mol. The summed E-state index contributed by atoms with van der Waals surface area (Å²) in [6.45, 7) is 5.61. The molecule has 0 saturated heterocycles. The Labute approximate surface area is 149 Å². The molecule has 0 aliphatic heterocycles. The van der Waals surface area contributed by atoms with E-state index >= 15 is 0 Å². The van der Waals surface area contributed by atoms with Crippen molar-refractivity contribution in [1.29, 1.82) is 0 Å². The fourth-order valence-electron chi connectivity index (χ4n) is 2.33. The van der Waals surface area contributed by atoms with Crippen LogP contribution in [0.15, 0.2) is 34.9 Å². The van der Waals surface area contributed by atoms with Gasteiger partial charge in [0.1, 0.15) is 5.76 Å². The van der Waals surface area contributed by atoms with Crippen LogP contribution in [0.5, 0.6) is 0 Å². The lowest BCUT2D eigenvalue weighted by Crippen LogP contribution is -2.15. The first kappa shape index (κ1) is 16.9. The van der Waals surface area contributed by atoms with Crippen LogP contribution in [0.25, 0.3) is 0 Å². The van der Waals surface area contributed by atoms with Gasteiger partial charge in [-0.1, -0.05) is 22.8 Å². The minimum atomic E-state index is -0.384. The number of aromatic nitrogens is 3. The standard InChI is InChI=1S/C17H16ClN5O2/c1-9-6-10(2)16(12(18)7-9)20-17(24)13-4-5-14(22-21-13)19-15-8-11(3)25-23-15/h4-8H,1-3H3,(H,20,24)(H,19,22,23). The lowest BCUT2D eigenvalue weighted by Gasteiger charge is -2.11. The number of nitrogens with one attached hydrogen (secondary N) is 2. The van der Waals surface area contributed by atoms with Crippen molar-refractivity contribution in [3.8, 4) is 0 Å². The number of carbonyl (C=O) groups is 1. The van der Waals surface area contributed by atoms with Crippen LogP contribution in [0.1, 0.15) is 27.4 Å². The quantitative estimate of drug-likeness (QED) is 0.732. The Hall–Kier alpha value is -2.93. The summed E-state index contributed by atoms with van der Waals surface area (Å²) in [6, 6.07) is 8.66. The molecule has 2 N–H and O–H groups in total. The van der Waals surface area contributed by atoms with Crippen LogP contribution in [-0.2, 0) is 0 Å². The summed E-state index contributed by atoms with van der Waals surface area (Å²) in [4.78, 5) is 12.4. The molecule has 7 nitrogen and oxygen atoms in total. The number of aryl methyl sites for hydroxylation is 3. The summed E-state index contributed by atoms with van der Waals surface area (Å²) in [5.41, 5.74) is 2.65. The first-order chi connectivity index (χ1) is 11.9. The van der Waals surface area contributed by atoms with Crippen LogP contribution < -0.4 is 10.6 Å². The molecule has 0 unspecified atom stereocenters. The number of nitrogens with zero attached hydrogens (tertiary/aromatic N) is 3. The molecule has 0 saturated carbocycles. The average Bonchev–Trinajstić information content (AvgIpc) is 2.96. The van der Waals surface area contributed by atoms with E-state index in [1.54, 1.807) is 31.2 Å². The van der Waals surface area contributed by atoms with E-state index < -0.39 is 0 Å². The molecule has 1 aromatic carbocycles. The van der Waals surface area contributed by atoms with E-state index in [4.69, 9.17) is 16.1 Å². The molecule has 0 aliphatic rings. The van der Waals surface area contributed by atoms with Gasteiger partial charge in [0, 0.05) is 6.07 Å². The number of anilines is 3. The summed E-state index contributed by atoms with van der Waals surface area (Å²) in [7, 11) is 0. The first-order valence-electron chi connectivity index (χ1n) is 7.54. The van der Waals surface area contributed by atoms with Crippen molar-refractivity contribution in [2.24, 2.45) is 0 Å². The molecule has 2 aromatic heterocycles. The molecule has 3 aromatic rings. The van der Waals surface area contributed by atoms with E-state index in [9.17, 15) is 4.79 Å².